The molecule has 0 radical (unpaired) electrons. The number of halogens is 1. The Kier molecular flexibility index (Phi) is 5.09. The van der Waals surface area contributed by atoms with Gasteiger partial charge in [-0.2, -0.15) is 0 Å². The summed E-state index contributed by atoms with van der Waals surface area (Å²) in [7, 11) is -1.65. The predicted molar refractivity (Wildman–Crippen MR) is 98.5 cm³/mol. The van der Waals surface area contributed by atoms with Gasteiger partial charge in [-0.1, -0.05) is 18.2 Å². The number of hydrogen-bond donors (Lipinski definition) is 1. The minimum Gasteiger partial charge on any atom is -0.338 e. The van der Waals surface area contributed by atoms with E-state index in [1.807, 2.05) is 0 Å². The van der Waals surface area contributed by atoms with Crippen molar-refractivity contribution in [1.82, 2.24) is 14.9 Å². The second kappa shape index (κ2) is 7.32. The minimum absolute atomic E-state index is 0.0606. The summed E-state index contributed by atoms with van der Waals surface area (Å²) >= 11 is 0. The van der Waals surface area contributed by atoms with Gasteiger partial charge in [0.15, 0.2) is 9.84 Å². The first-order chi connectivity index (χ1) is 12.8. The lowest BCUT2D eigenvalue weighted by Crippen LogP contribution is -2.31. The molecule has 1 aromatic heterocycles. The van der Waals surface area contributed by atoms with Crippen molar-refractivity contribution in [2.24, 2.45) is 7.05 Å². The Bertz CT molecular complexity index is 1080. The summed E-state index contributed by atoms with van der Waals surface area (Å²) in [6.07, 6.45) is 4.42. The largest absolute Gasteiger partial charge is 0.338 e. The molecule has 0 saturated carbocycles. The minimum atomic E-state index is -3.43. The van der Waals surface area contributed by atoms with Crippen LogP contribution < -0.4 is 5.32 Å². The SMILES string of the molecule is Cn1ccnc1C(NC(=O)c1cccc(S(C)(=O)=O)c1)c1ccc(F)cc1. The highest BCUT2D eigenvalue weighted by molar-refractivity contribution is 7.90. The van der Waals surface area contributed by atoms with Crippen LogP contribution in [0.25, 0.3) is 0 Å². The van der Waals surface area contributed by atoms with Crippen molar-refractivity contribution in [3.05, 3.63) is 83.7 Å². The molecule has 6 nitrogen and oxygen atoms in total. The van der Waals surface area contributed by atoms with Crippen LogP contribution in [0.5, 0.6) is 0 Å². The molecular weight excluding hydrogens is 369 g/mol. The Morgan fingerprint density at radius 1 is 1.19 bits per heavy atom. The monoisotopic (exact) mass is 387 g/mol. The molecule has 0 saturated heterocycles. The smallest absolute Gasteiger partial charge is 0.252 e. The third kappa shape index (κ3) is 4.22. The number of hydrogen-bond acceptors (Lipinski definition) is 4. The molecule has 0 aliphatic rings. The molecule has 140 valence electrons. The highest BCUT2D eigenvalue weighted by atomic mass is 32.2. The summed E-state index contributed by atoms with van der Waals surface area (Å²) in [5.41, 5.74) is 0.859. The lowest BCUT2D eigenvalue weighted by atomic mass is 10.1. The molecule has 0 aliphatic heterocycles. The summed E-state index contributed by atoms with van der Waals surface area (Å²) in [6.45, 7) is 0. The first-order valence-electron chi connectivity index (χ1n) is 8.09. The van der Waals surface area contributed by atoms with Crippen LogP contribution in [0.3, 0.4) is 0 Å². The van der Waals surface area contributed by atoms with Crippen LogP contribution in [0, 0.1) is 5.82 Å². The van der Waals surface area contributed by atoms with Gasteiger partial charge in [0, 0.05) is 31.3 Å². The molecule has 0 aliphatic carbocycles. The highest BCUT2D eigenvalue weighted by Crippen LogP contribution is 2.22. The molecular formula is C19H18FN3O3S. The number of aryl methyl sites for hydroxylation is 1. The first kappa shape index (κ1) is 18.8. The molecule has 1 heterocycles. The van der Waals surface area contributed by atoms with E-state index in [0.717, 1.165) is 6.26 Å². The molecule has 8 heteroatoms. The molecule has 0 bridgehead atoms. The third-order valence-corrected chi connectivity index (χ3v) is 5.23. The predicted octanol–water partition coefficient (Wildman–Crippen LogP) is 2.48. The number of amides is 1. The fraction of sp³-hybridized carbons (Fsp3) is 0.158. The molecule has 0 spiro atoms. The molecule has 1 unspecified atom stereocenters. The number of carbonyl (C=O) groups excluding carboxylic acids is 1. The molecule has 3 rings (SSSR count). The lowest BCUT2D eigenvalue weighted by molar-refractivity contribution is 0.0941. The molecule has 1 N–H and O–H groups in total. The van der Waals surface area contributed by atoms with E-state index in [4.69, 9.17) is 0 Å². The summed E-state index contributed by atoms with van der Waals surface area (Å²) < 4.78 is 38.5. The molecule has 27 heavy (non-hydrogen) atoms. The van der Waals surface area contributed by atoms with Gasteiger partial charge >= 0.3 is 0 Å². The fourth-order valence-corrected chi connectivity index (χ4v) is 3.36. The topological polar surface area (TPSA) is 81.1 Å². The van der Waals surface area contributed by atoms with E-state index in [-0.39, 0.29) is 16.3 Å². The average molecular weight is 387 g/mol. The van der Waals surface area contributed by atoms with E-state index < -0.39 is 21.8 Å². The maximum absolute atomic E-state index is 13.3. The van der Waals surface area contributed by atoms with Crippen molar-refractivity contribution in [3.63, 3.8) is 0 Å². The zero-order valence-electron chi connectivity index (χ0n) is 14.8. The molecule has 0 fully saturated rings. The molecule has 2 aromatic carbocycles. The van der Waals surface area contributed by atoms with Crippen LogP contribution in [0.1, 0.15) is 27.8 Å². The Labute approximate surface area is 156 Å². The Hall–Kier alpha value is -3.00. The Morgan fingerprint density at radius 3 is 2.48 bits per heavy atom. The number of benzene rings is 2. The fourth-order valence-electron chi connectivity index (χ4n) is 2.69. The van der Waals surface area contributed by atoms with Crippen molar-refractivity contribution in [2.45, 2.75) is 10.9 Å². The van der Waals surface area contributed by atoms with E-state index in [1.54, 1.807) is 36.1 Å². The second-order valence-electron chi connectivity index (χ2n) is 6.15. The van der Waals surface area contributed by atoms with Gasteiger partial charge < -0.3 is 9.88 Å². The number of nitrogens with zero attached hydrogens (tertiary/aromatic N) is 2. The molecule has 1 amide bonds. The second-order valence-corrected chi connectivity index (χ2v) is 8.17. The van der Waals surface area contributed by atoms with Crippen LogP contribution in [0.2, 0.25) is 0 Å². The van der Waals surface area contributed by atoms with Gasteiger partial charge in [-0.15, -0.1) is 0 Å². The highest BCUT2D eigenvalue weighted by Gasteiger charge is 2.22. The standard InChI is InChI=1S/C19H18FN3O3S/c1-23-11-10-21-18(23)17(13-6-8-15(20)9-7-13)22-19(24)14-4-3-5-16(12-14)27(2,25)26/h3-12,17H,1-2H3,(H,22,24). The van der Waals surface area contributed by atoms with Gasteiger partial charge in [0.05, 0.1) is 4.90 Å². The number of imidazole rings is 1. The summed E-state index contributed by atoms with van der Waals surface area (Å²) in [4.78, 5) is 17.1. The van der Waals surface area contributed by atoms with Gasteiger partial charge in [0.1, 0.15) is 17.7 Å². The van der Waals surface area contributed by atoms with Gasteiger partial charge in [0.25, 0.3) is 5.91 Å². The van der Waals surface area contributed by atoms with Crippen molar-refractivity contribution in [3.8, 4) is 0 Å². The van der Waals surface area contributed by atoms with E-state index in [9.17, 15) is 17.6 Å². The van der Waals surface area contributed by atoms with Gasteiger partial charge in [-0.05, 0) is 35.9 Å². The summed E-state index contributed by atoms with van der Waals surface area (Å²) in [5.74, 6) is -0.281. The van der Waals surface area contributed by atoms with E-state index in [2.05, 4.69) is 10.3 Å². The van der Waals surface area contributed by atoms with Crippen LogP contribution in [-0.2, 0) is 16.9 Å². The average Bonchev–Trinajstić information content (AvgIpc) is 3.05. The summed E-state index contributed by atoms with van der Waals surface area (Å²) in [5, 5.41) is 2.85. The number of aromatic nitrogens is 2. The summed E-state index contributed by atoms with van der Waals surface area (Å²) in [6, 6.07) is 10.9. The maximum Gasteiger partial charge on any atom is 0.252 e. The maximum atomic E-state index is 13.3. The van der Waals surface area contributed by atoms with Crippen LogP contribution in [0.15, 0.2) is 65.8 Å². The van der Waals surface area contributed by atoms with Gasteiger partial charge in [-0.25, -0.2) is 17.8 Å². The number of rotatable bonds is 5. The van der Waals surface area contributed by atoms with Crippen molar-refractivity contribution in [1.29, 1.82) is 0 Å². The van der Waals surface area contributed by atoms with E-state index in [1.165, 1.54) is 36.4 Å². The van der Waals surface area contributed by atoms with Crippen LogP contribution >= 0.6 is 0 Å². The van der Waals surface area contributed by atoms with E-state index in [0.29, 0.717) is 11.4 Å². The Balaban J connectivity index is 1.96. The normalized spacial score (nSPS) is 12.6. The van der Waals surface area contributed by atoms with Crippen LogP contribution in [-0.4, -0.2) is 30.1 Å². The Morgan fingerprint density at radius 2 is 1.89 bits per heavy atom. The lowest BCUT2D eigenvalue weighted by Gasteiger charge is -2.19. The van der Waals surface area contributed by atoms with E-state index >= 15 is 0 Å². The van der Waals surface area contributed by atoms with Gasteiger partial charge in [0.2, 0.25) is 0 Å². The quantitative estimate of drug-likeness (QED) is 0.729. The zero-order chi connectivity index (χ0) is 19.6. The van der Waals surface area contributed by atoms with Crippen molar-refractivity contribution in [2.75, 3.05) is 6.26 Å². The number of nitrogens with one attached hydrogen (secondary N) is 1. The zero-order valence-corrected chi connectivity index (χ0v) is 15.6. The van der Waals surface area contributed by atoms with Crippen molar-refractivity contribution >= 4 is 15.7 Å². The molecule has 1 atom stereocenters. The van der Waals surface area contributed by atoms with Gasteiger partial charge in [-0.3, -0.25) is 4.79 Å². The van der Waals surface area contributed by atoms with Crippen molar-refractivity contribution < 1.29 is 17.6 Å². The van der Waals surface area contributed by atoms with Crippen LogP contribution in [0.4, 0.5) is 4.39 Å². The number of carbonyl (C=O) groups is 1. The number of sulfone groups is 1. The molecule has 3 aromatic rings. The first-order valence-corrected chi connectivity index (χ1v) is 9.98. The third-order valence-electron chi connectivity index (χ3n) is 4.12.